The van der Waals surface area contributed by atoms with Crippen LogP contribution in [0.2, 0.25) is 10.0 Å². The topological polar surface area (TPSA) is 21.6 Å². The Morgan fingerprint density at radius 1 is 1.15 bits per heavy atom. The Morgan fingerprint density at radius 3 is 2.60 bits per heavy atom. The fourth-order valence-corrected chi connectivity index (χ4v) is 2.57. The van der Waals surface area contributed by atoms with Crippen molar-refractivity contribution >= 4 is 57.7 Å². The van der Waals surface area contributed by atoms with Gasteiger partial charge in [0.25, 0.3) is 0 Å². The molecule has 2 nitrogen and oxygen atoms in total. The highest BCUT2D eigenvalue weighted by Crippen LogP contribution is 2.27. The van der Waals surface area contributed by atoms with Crippen LogP contribution in [0.3, 0.4) is 0 Å². The highest BCUT2D eigenvalue weighted by molar-refractivity contribution is 14.1. The van der Waals surface area contributed by atoms with E-state index in [1.54, 1.807) is 18.3 Å². The Labute approximate surface area is 141 Å². The van der Waals surface area contributed by atoms with Gasteiger partial charge in [-0.2, -0.15) is 0 Å². The molecule has 0 spiro atoms. The van der Waals surface area contributed by atoms with Crippen LogP contribution < -0.4 is 4.74 Å². The average molecular weight is 420 g/mol. The van der Waals surface area contributed by atoms with Crippen molar-refractivity contribution in [1.29, 1.82) is 0 Å². The fraction of sp³-hybridized carbons (Fsp3) is 0.133. The molecule has 0 aliphatic heterocycles. The minimum absolute atomic E-state index is 0.502. The van der Waals surface area contributed by atoms with Gasteiger partial charge in [-0.3, -0.25) is 4.99 Å². The summed E-state index contributed by atoms with van der Waals surface area (Å²) in [6, 6.07) is 11.2. The molecule has 0 aromatic heterocycles. The fourth-order valence-electron chi connectivity index (χ4n) is 1.58. The van der Waals surface area contributed by atoms with Crippen LogP contribution in [-0.4, -0.2) is 12.8 Å². The number of nitrogens with zero attached hydrogens (tertiary/aromatic N) is 1. The molecule has 0 unspecified atom stereocenters. The van der Waals surface area contributed by atoms with Crippen LogP contribution in [0.1, 0.15) is 12.5 Å². The van der Waals surface area contributed by atoms with E-state index < -0.39 is 0 Å². The maximum atomic E-state index is 5.95. The van der Waals surface area contributed by atoms with Gasteiger partial charge in [-0.15, -0.1) is 0 Å². The second-order valence-corrected chi connectivity index (χ2v) is 5.96. The first kappa shape index (κ1) is 15.6. The molecule has 5 heteroatoms. The molecule has 0 radical (unpaired) electrons. The van der Waals surface area contributed by atoms with Gasteiger partial charge in [0.2, 0.25) is 0 Å². The molecular formula is C15H12Cl2INO. The molecule has 0 amide bonds. The molecule has 0 aliphatic carbocycles. The zero-order valence-electron chi connectivity index (χ0n) is 10.7. The van der Waals surface area contributed by atoms with E-state index in [-0.39, 0.29) is 0 Å². The molecule has 20 heavy (non-hydrogen) atoms. The largest absolute Gasteiger partial charge is 0.493 e. The summed E-state index contributed by atoms with van der Waals surface area (Å²) in [7, 11) is 0. The lowest BCUT2D eigenvalue weighted by Crippen LogP contribution is -1.94. The number of aliphatic imine (C=N–C) groups is 1. The summed E-state index contributed by atoms with van der Waals surface area (Å²) in [6.45, 7) is 2.63. The first-order chi connectivity index (χ1) is 9.60. The normalized spacial score (nSPS) is 11.0. The van der Waals surface area contributed by atoms with E-state index in [4.69, 9.17) is 27.9 Å². The molecule has 0 N–H and O–H groups in total. The van der Waals surface area contributed by atoms with E-state index in [0.29, 0.717) is 16.7 Å². The third-order valence-corrected chi connectivity index (χ3v) is 4.10. The summed E-state index contributed by atoms with van der Waals surface area (Å²) in [5, 5.41) is 1.03. The van der Waals surface area contributed by atoms with Crippen molar-refractivity contribution in [3.63, 3.8) is 0 Å². The molecule has 2 aromatic rings. The molecule has 0 saturated heterocycles. The van der Waals surface area contributed by atoms with Crippen molar-refractivity contribution in [3.8, 4) is 5.75 Å². The van der Waals surface area contributed by atoms with Crippen molar-refractivity contribution in [2.45, 2.75) is 6.92 Å². The Hall–Kier alpha value is -0.780. The van der Waals surface area contributed by atoms with Crippen LogP contribution in [-0.2, 0) is 0 Å². The minimum atomic E-state index is 0.502. The number of hydrogen-bond donors (Lipinski definition) is 0. The Kier molecular flexibility index (Phi) is 5.69. The second-order valence-electron chi connectivity index (χ2n) is 3.98. The quantitative estimate of drug-likeness (QED) is 0.456. The van der Waals surface area contributed by atoms with Crippen LogP contribution >= 0.6 is 45.8 Å². The smallest absolute Gasteiger partial charge is 0.132 e. The highest BCUT2D eigenvalue weighted by Gasteiger charge is 2.01. The van der Waals surface area contributed by atoms with Crippen LogP contribution in [0.15, 0.2) is 41.4 Å². The lowest BCUT2D eigenvalue weighted by atomic mass is 10.2. The van der Waals surface area contributed by atoms with Gasteiger partial charge in [0.1, 0.15) is 5.75 Å². The van der Waals surface area contributed by atoms with Gasteiger partial charge in [-0.25, -0.2) is 0 Å². The third-order valence-electron chi connectivity index (χ3n) is 2.52. The predicted molar refractivity (Wildman–Crippen MR) is 94.0 cm³/mol. The van der Waals surface area contributed by atoms with Crippen molar-refractivity contribution in [2.75, 3.05) is 6.61 Å². The Balaban J connectivity index is 2.18. The van der Waals surface area contributed by atoms with Gasteiger partial charge in [-0.05, 0) is 71.5 Å². The van der Waals surface area contributed by atoms with Gasteiger partial charge in [0, 0.05) is 6.21 Å². The second kappa shape index (κ2) is 7.29. The van der Waals surface area contributed by atoms with Gasteiger partial charge in [0.05, 0.1) is 25.9 Å². The predicted octanol–water partition coefficient (Wildman–Crippen LogP) is 5.75. The third kappa shape index (κ3) is 4.11. The van der Waals surface area contributed by atoms with Crippen molar-refractivity contribution in [1.82, 2.24) is 0 Å². The molecule has 2 rings (SSSR count). The van der Waals surface area contributed by atoms with Crippen molar-refractivity contribution < 1.29 is 4.74 Å². The summed E-state index contributed by atoms with van der Waals surface area (Å²) >= 11 is 14.1. The molecule has 0 atom stereocenters. The van der Waals surface area contributed by atoms with Gasteiger partial charge < -0.3 is 4.74 Å². The monoisotopic (exact) mass is 419 g/mol. The summed E-state index contributed by atoms with van der Waals surface area (Å²) in [5.41, 5.74) is 1.77. The number of halogens is 3. The Bertz CT molecular complexity index is 644. The SMILES string of the molecule is CCOc1ccc(C=Nc2ccc(Cl)c(Cl)c2)cc1I. The summed E-state index contributed by atoms with van der Waals surface area (Å²) in [4.78, 5) is 4.38. The van der Waals surface area contributed by atoms with Crippen LogP contribution in [0.25, 0.3) is 0 Å². The van der Waals surface area contributed by atoms with E-state index in [0.717, 1.165) is 20.6 Å². The molecule has 0 fully saturated rings. The van der Waals surface area contributed by atoms with Crippen molar-refractivity contribution in [3.05, 3.63) is 55.6 Å². The van der Waals surface area contributed by atoms with E-state index >= 15 is 0 Å². The molecule has 2 aromatic carbocycles. The zero-order valence-corrected chi connectivity index (χ0v) is 14.4. The summed E-state index contributed by atoms with van der Waals surface area (Å²) in [5.74, 6) is 0.889. The Morgan fingerprint density at radius 2 is 1.95 bits per heavy atom. The molecule has 0 bridgehead atoms. The summed E-state index contributed by atoms with van der Waals surface area (Å²) < 4.78 is 6.56. The van der Waals surface area contributed by atoms with E-state index in [1.807, 2.05) is 31.2 Å². The highest BCUT2D eigenvalue weighted by atomic mass is 127. The number of benzene rings is 2. The lowest BCUT2D eigenvalue weighted by molar-refractivity contribution is 0.338. The van der Waals surface area contributed by atoms with Gasteiger partial charge >= 0.3 is 0 Å². The molecule has 0 heterocycles. The van der Waals surface area contributed by atoms with E-state index in [2.05, 4.69) is 27.6 Å². The van der Waals surface area contributed by atoms with Crippen LogP contribution in [0.5, 0.6) is 5.75 Å². The first-order valence-electron chi connectivity index (χ1n) is 6.01. The molecule has 0 aliphatic rings. The molecule has 104 valence electrons. The van der Waals surface area contributed by atoms with E-state index in [9.17, 15) is 0 Å². The molecular weight excluding hydrogens is 408 g/mol. The zero-order chi connectivity index (χ0) is 14.5. The van der Waals surface area contributed by atoms with Crippen LogP contribution in [0.4, 0.5) is 5.69 Å². The average Bonchev–Trinajstić information content (AvgIpc) is 2.43. The van der Waals surface area contributed by atoms with E-state index in [1.165, 1.54) is 0 Å². The van der Waals surface area contributed by atoms with Crippen LogP contribution in [0, 0.1) is 3.57 Å². The van der Waals surface area contributed by atoms with Gasteiger partial charge in [0.15, 0.2) is 0 Å². The standard InChI is InChI=1S/C15H12Cl2INO/c1-2-20-15-6-3-10(7-14(15)18)9-19-11-4-5-12(16)13(17)8-11/h3-9H,2H2,1H3. The number of hydrogen-bond acceptors (Lipinski definition) is 2. The minimum Gasteiger partial charge on any atom is -0.493 e. The number of rotatable bonds is 4. The van der Waals surface area contributed by atoms with Gasteiger partial charge in [-0.1, -0.05) is 23.2 Å². The number of ether oxygens (including phenoxy) is 1. The first-order valence-corrected chi connectivity index (χ1v) is 7.85. The lowest BCUT2D eigenvalue weighted by Gasteiger charge is -2.05. The molecule has 0 saturated carbocycles. The maximum Gasteiger partial charge on any atom is 0.132 e. The maximum absolute atomic E-state index is 5.95. The summed E-state index contributed by atoms with van der Waals surface area (Å²) in [6.07, 6.45) is 1.79. The van der Waals surface area contributed by atoms with Crippen molar-refractivity contribution in [2.24, 2.45) is 4.99 Å².